The molecule has 2 fully saturated rings. The molecule has 2 unspecified atom stereocenters. The average Bonchev–Trinajstić information content (AvgIpc) is 3.04. The summed E-state index contributed by atoms with van der Waals surface area (Å²) in [6, 6.07) is 1.49. The lowest BCUT2D eigenvalue weighted by molar-refractivity contribution is -0.0399. The molecular weight excluding hydrogens is 326 g/mol. The summed E-state index contributed by atoms with van der Waals surface area (Å²) < 4.78 is 26.2. The SMILES string of the molecule is O=C(O)NC1CC1c1cc(C(=O)NC2CCC(F)(F)CC2)cs1. The number of rotatable bonds is 4. The number of nitrogens with one attached hydrogen (secondary N) is 2. The molecule has 2 saturated carbocycles. The number of thiophene rings is 1. The first kappa shape index (κ1) is 16.2. The summed E-state index contributed by atoms with van der Waals surface area (Å²) in [5.41, 5.74) is 0.517. The van der Waals surface area contributed by atoms with Crippen LogP contribution in [0.2, 0.25) is 0 Å². The molecule has 3 N–H and O–H groups in total. The third-order valence-corrected chi connectivity index (χ3v) is 5.46. The molecule has 0 spiro atoms. The Morgan fingerprint density at radius 2 is 1.96 bits per heavy atom. The average molecular weight is 344 g/mol. The predicted molar refractivity (Wildman–Crippen MR) is 81.3 cm³/mol. The Labute approximate surface area is 136 Å². The lowest BCUT2D eigenvalue weighted by atomic mass is 9.92. The second-order valence-corrected chi connectivity index (χ2v) is 7.18. The van der Waals surface area contributed by atoms with Crippen LogP contribution in [0, 0.1) is 0 Å². The third-order valence-electron chi connectivity index (χ3n) is 4.40. The zero-order valence-electron chi connectivity index (χ0n) is 12.4. The zero-order valence-corrected chi connectivity index (χ0v) is 13.2. The van der Waals surface area contributed by atoms with Crippen molar-refractivity contribution in [3.05, 3.63) is 21.9 Å². The van der Waals surface area contributed by atoms with Crippen molar-refractivity contribution in [2.24, 2.45) is 0 Å². The molecule has 0 aliphatic heterocycles. The molecule has 1 aromatic heterocycles. The highest BCUT2D eigenvalue weighted by atomic mass is 32.1. The van der Waals surface area contributed by atoms with E-state index < -0.39 is 12.0 Å². The van der Waals surface area contributed by atoms with E-state index in [1.54, 1.807) is 11.4 Å². The maximum atomic E-state index is 13.1. The van der Waals surface area contributed by atoms with Gasteiger partial charge in [-0.25, -0.2) is 13.6 Å². The number of carboxylic acid groups (broad SMARTS) is 1. The van der Waals surface area contributed by atoms with Crippen molar-refractivity contribution in [1.29, 1.82) is 0 Å². The summed E-state index contributed by atoms with van der Waals surface area (Å²) in [5.74, 6) is -2.72. The van der Waals surface area contributed by atoms with Crippen LogP contribution in [-0.4, -0.2) is 35.1 Å². The molecule has 0 bridgehead atoms. The highest BCUT2D eigenvalue weighted by Gasteiger charge is 2.41. The minimum absolute atomic E-state index is 0.0809. The van der Waals surface area contributed by atoms with Crippen molar-refractivity contribution >= 4 is 23.3 Å². The van der Waals surface area contributed by atoms with E-state index in [0.29, 0.717) is 18.4 Å². The maximum absolute atomic E-state index is 13.1. The molecular formula is C15H18F2N2O3S. The van der Waals surface area contributed by atoms with Gasteiger partial charge in [-0.15, -0.1) is 11.3 Å². The van der Waals surface area contributed by atoms with E-state index in [1.165, 1.54) is 11.3 Å². The van der Waals surface area contributed by atoms with Crippen molar-refractivity contribution in [2.75, 3.05) is 0 Å². The van der Waals surface area contributed by atoms with Crippen LogP contribution < -0.4 is 10.6 Å². The Bertz CT molecular complexity index is 610. The first-order valence-electron chi connectivity index (χ1n) is 7.61. The maximum Gasteiger partial charge on any atom is 0.404 e. The molecule has 1 heterocycles. The monoisotopic (exact) mass is 344 g/mol. The van der Waals surface area contributed by atoms with Gasteiger partial charge < -0.3 is 15.7 Å². The molecule has 0 aromatic carbocycles. The Hall–Kier alpha value is -1.70. The van der Waals surface area contributed by atoms with Crippen LogP contribution in [0.25, 0.3) is 0 Å². The van der Waals surface area contributed by atoms with Crippen LogP contribution in [0.1, 0.15) is 53.3 Å². The van der Waals surface area contributed by atoms with Gasteiger partial charge in [0.2, 0.25) is 5.92 Å². The van der Waals surface area contributed by atoms with Gasteiger partial charge >= 0.3 is 6.09 Å². The summed E-state index contributed by atoms with van der Waals surface area (Å²) >= 11 is 1.43. The van der Waals surface area contributed by atoms with Gasteiger partial charge in [0.1, 0.15) is 0 Å². The van der Waals surface area contributed by atoms with Crippen LogP contribution in [0.15, 0.2) is 11.4 Å². The van der Waals surface area contributed by atoms with Gasteiger partial charge in [0.25, 0.3) is 5.91 Å². The van der Waals surface area contributed by atoms with Crippen LogP contribution in [-0.2, 0) is 0 Å². The molecule has 0 saturated heterocycles. The number of carbonyl (C=O) groups is 2. The van der Waals surface area contributed by atoms with Gasteiger partial charge in [-0.05, 0) is 25.3 Å². The highest BCUT2D eigenvalue weighted by molar-refractivity contribution is 7.10. The van der Waals surface area contributed by atoms with Gasteiger partial charge in [0.15, 0.2) is 0 Å². The van der Waals surface area contributed by atoms with E-state index in [-0.39, 0.29) is 36.8 Å². The van der Waals surface area contributed by atoms with Crippen molar-refractivity contribution < 1.29 is 23.5 Å². The van der Waals surface area contributed by atoms with Crippen molar-refractivity contribution in [3.63, 3.8) is 0 Å². The first-order chi connectivity index (χ1) is 10.8. The van der Waals surface area contributed by atoms with E-state index in [1.807, 2.05) is 0 Å². The van der Waals surface area contributed by atoms with Crippen molar-refractivity contribution in [1.82, 2.24) is 10.6 Å². The number of hydrogen-bond donors (Lipinski definition) is 3. The second kappa shape index (κ2) is 6.07. The molecule has 23 heavy (non-hydrogen) atoms. The number of alkyl halides is 2. The van der Waals surface area contributed by atoms with Gasteiger partial charge in [0, 0.05) is 41.1 Å². The summed E-state index contributed by atoms with van der Waals surface area (Å²) in [7, 11) is 0. The predicted octanol–water partition coefficient (Wildman–Crippen LogP) is 3.18. The van der Waals surface area contributed by atoms with E-state index >= 15 is 0 Å². The number of carbonyl (C=O) groups excluding carboxylic acids is 1. The van der Waals surface area contributed by atoms with Gasteiger partial charge in [-0.3, -0.25) is 4.79 Å². The number of amides is 2. The molecule has 0 radical (unpaired) electrons. The number of halogens is 2. The molecule has 2 aliphatic rings. The van der Waals surface area contributed by atoms with E-state index in [0.717, 1.165) is 11.3 Å². The molecule has 1 aromatic rings. The van der Waals surface area contributed by atoms with E-state index in [9.17, 15) is 18.4 Å². The van der Waals surface area contributed by atoms with Crippen LogP contribution in [0.3, 0.4) is 0 Å². The summed E-state index contributed by atoms with van der Waals surface area (Å²) in [6.07, 6.45) is -0.0759. The molecule has 2 amide bonds. The summed E-state index contributed by atoms with van der Waals surface area (Å²) in [5, 5.41) is 15.7. The molecule has 2 aliphatic carbocycles. The van der Waals surface area contributed by atoms with Crippen LogP contribution in [0.4, 0.5) is 13.6 Å². The Morgan fingerprint density at radius 3 is 2.61 bits per heavy atom. The molecule has 8 heteroatoms. The van der Waals surface area contributed by atoms with E-state index in [4.69, 9.17) is 5.11 Å². The van der Waals surface area contributed by atoms with Gasteiger partial charge in [0.05, 0.1) is 5.56 Å². The van der Waals surface area contributed by atoms with Gasteiger partial charge in [-0.2, -0.15) is 0 Å². The lowest BCUT2D eigenvalue weighted by Crippen LogP contribution is -2.40. The fourth-order valence-corrected chi connectivity index (χ4v) is 4.02. The molecule has 2 atom stereocenters. The minimum Gasteiger partial charge on any atom is -0.465 e. The fourth-order valence-electron chi connectivity index (χ4n) is 2.95. The molecule has 3 rings (SSSR count). The van der Waals surface area contributed by atoms with Crippen LogP contribution >= 0.6 is 11.3 Å². The van der Waals surface area contributed by atoms with Crippen LogP contribution in [0.5, 0.6) is 0 Å². The van der Waals surface area contributed by atoms with Gasteiger partial charge in [-0.1, -0.05) is 0 Å². The lowest BCUT2D eigenvalue weighted by Gasteiger charge is -2.28. The molecule has 5 nitrogen and oxygen atoms in total. The van der Waals surface area contributed by atoms with Crippen molar-refractivity contribution in [3.8, 4) is 0 Å². The summed E-state index contributed by atoms with van der Waals surface area (Å²) in [6.45, 7) is 0. The minimum atomic E-state index is -2.60. The van der Waals surface area contributed by atoms with E-state index in [2.05, 4.69) is 10.6 Å². The summed E-state index contributed by atoms with van der Waals surface area (Å²) in [4.78, 5) is 23.7. The highest BCUT2D eigenvalue weighted by Crippen LogP contribution is 2.43. The normalized spacial score (nSPS) is 26.5. The quantitative estimate of drug-likeness (QED) is 0.785. The Balaban J connectivity index is 1.52. The largest absolute Gasteiger partial charge is 0.465 e. The fraction of sp³-hybridized carbons (Fsp3) is 0.600. The smallest absolute Gasteiger partial charge is 0.404 e. The Kier molecular flexibility index (Phi) is 4.27. The first-order valence-corrected chi connectivity index (χ1v) is 8.48. The Morgan fingerprint density at radius 1 is 1.26 bits per heavy atom. The topological polar surface area (TPSA) is 78.4 Å². The second-order valence-electron chi connectivity index (χ2n) is 6.24. The molecule has 126 valence electrons. The van der Waals surface area contributed by atoms with Crippen molar-refractivity contribution in [2.45, 2.75) is 56.0 Å². The standard InChI is InChI=1S/C15H18F2N2O3S/c16-15(17)3-1-9(2-4-15)18-13(20)8-5-12(23-7-8)10-6-11(10)19-14(21)22/h5,7,9-11,19H,1-4,6H2,(H,18,20)(H,21,22). The zero-order chi connectivity index (χ0) is 16.6. The third kappa shape index (κ3) is 3.99. The number of hydrogen-bond acceptors (Lipinski definition) is 3.